The first kappa shape index (κ1) is 18.6. The highest BCUT2D eigenvalue weighted by molar-refractivity contribution is 9.11. The van der Waals surface area contributed by atoms with E-state index in [1.54, 1.807) is 59.9 Å². The maximum atomic E-state index is 12.5. The van der Waals surface area contributed by atoms with Crippen LogP contribution in [0.4, 0.5) is 0 Å². The van der Waals surface area contributed by atoms with Gasteiger partial charge in [-0.25, -0.2) is 0 Å². The summed E-state index contributed by atoms with van der Waals surface area (Å²) in [6.07, 6.45) is 0. The van der Waals surface area contributed by atoms with Crippen LogP contribution in [-0.4, -0.2) is 22.6 Å². The van der Waals surface area contributed by atoms with Gasteiger partial charge in [-0.05, 0) is 57.9 Å². The monoisotopic (exact) mass is 454 g/mol. The van der Waals surface area contributed by atoms with Crippen molar-refractivity contribution in [1.82, 2.24) is 10.2 Å². The first-order valence-corrected chi connectivity index (χ1v) is 10.2. The Hall–Kier alpha value is -2.77. The number of fused-ring (bicyclic) bond motifs is 1. The second-order valence-electron chi connectivity index (χ2n) is 6.33. The number of carbonyl (C=O) groups excluding carboxylic acids is 3. The van der Waals surface area contributed by atoms with Gasteiger partial charge in [0.1, 0.15) is 0 Å². The molecule has 1 aromatic heterocycles. The van der Waals surface area contributed by atoms with Crippen molar-refractivity contribution in [3.63, 3.8) is 0 Å². The van der Waals surface area contributed by atoms with Crippen LogP contribution in [-0.2, 0) is 13.1 Å². The van der Waals surface area contributed by atoms with Crippen LogP contribution in [0.1, 0.15) is 41.5 Å². The van der Waals surface area contributed by atoms with E-state index < -0.39 is 0 Å². The van der Waals surface area contributed by atoms with Crippen LogP contribution in [0, 0.1) is 0 Å². The summed E-state index contributed by atoms with van der Waals surface area (Å²) in [4.78, 5) is 39.7. The molecule has 0 unspecified atom stereocenters. The minimum Gasteiger partial charge on any atom is -0.347 e. The number of amides is 3. The van der Waals surface area contributed by atoms with E-state index >= 15 is 0 Å². The molecule has 3 aromatic rings. The van der Waals surface area contributed by atoms with E-state index in [-0.39, 0.29) is 24.3 Å². The number of benzene rings is 2. The van der Waals surface area contributed by atoms with Gasteiger partial charge >= 0.3 is 0 Å². The third kappa shape index (κ3) is 3.63. The van der Waals surface area contributed by atoms with Gasteiger partial charge in [-0.3, -0.25) is 19.3 Å². The summed E-state index contributed by atoms with van der Waals surface area (Å²) in [6.45, 7) is 0.572. The summed E-state index contributed by atoms with van der Waals surface area (Å²) >= 11 is 4.97. The number of rotatable bonds is 5. The van der Waals surface area contributed by atoms with Gasteiger partial charge in [-0.1, -0.05) is 24.3 Å². The standard InChI is InChI=1S/C21H15BrN2O3S/c22-18-9-8-15(28-18)11-23-19(25)14-5-3-4-13(10-14)12-24-20(26)16-6-1-2-7-17(16)21(24)27/h1-10H,11-12H2,(H,23,25). The summed E-state index contributed by atoms with van der Waals surface area (Å²) < 4.78 is 1.01. The van der Waals surface area contributed by atoms with Crippen LogP contribution in [0.15, 0.2) is 64.5 Å². The average Bonchev–Trinajstić information content (AvgIpc) is 3.23. The molecule has 1 N–H and O–H groups in total. The summed E-state index contributed by atoms with van der Waals surface area (Å²) in [6, 6.07) is 17.7. The van der Waals surface area contributed by atoms with Gasteiger partial charge in [-0.15, -0.1) is 11.3 Å². The van der Waals surface area contributed by atoms with Crippen LogP contribution in [0.3, 0.4) is 0 Å². The van der Waals surface area contributed by atoms with Crippen molar-refractivity contribution in [3.05, 3.63) is 91.6 Å². The minimum atomic E-state index is -0.307. The molecule has 140 valence electrons. The maximum absolute atomic E-state index is 12.5. The number of carbonyl (C=O) groups is 3. The summed E-state index contributed by atoms with van der Waals surface area (Å²) in [5, 5.41) is 2.88. The number of hydrogen-bond donors (Lipinski definition) is 1. The predicted octanol–water partition coefficient (Wildman–Crippen LogP) is 4.24. The molecule has 0 aliphatic carbocycles. The van der Waals surface area contributed by atoms with E-state index in [0.717, 1.165) is 14.2 Å². The lowest BCUT2D eigenvalue weighted by atomic mass is 10.1. The molecule has 1 aliphatic rings. The number of nitrogens with one attached hydrogen (secondary N) is 1. The molecule has 5 nitrogen and oxygen atoms in total. The normalized spacial score (nSPS) is 13.0. The summed E-state index contributed by atoms with van der Waals surface area (Å²) in [5.74, 6) is -0.814. The van der Waals surface area contributed by atoms with E-state index in [0.29, 0.717) is 23.2 Å². The third-order valence-electron chi connectivity index (χ3n) is 4.46. The highest BCUT2D eigenvalue weighted by Crippen LogP contribution is 2.25. The molecule has 3 amide bonds. The molecule has 0 radical (unpaired) electrons. The topological polar surface area (TPSA) is 66.5 Å². The Balaban J connectivity index is 1.46. The predicted molar refractivity (Wildman–Crippen MR) is 110 cm³/mol. The number of halogens is 1. The number of thiophene rings is 1. The smallest absolute Gasteiger partial charge is 0.261 e. The van der Waals surface area contributed by atoms with E-state index in [1.165, 1.54) is 4.90 Å². The molecule has 2 aromatic carbocycles. The Morgan fingerprint density at radius 3 is 2.32 bits per heavy atom. The van der Waals surface area contributed by atoms with Crippen molar-refractivity contribution in [2.24, 2.45) is 0 Å². The Morgan fingerprint density at radius 1 is 0.964 bits per heavy atom. The molecule has 0 saturated heterocycles. The van der Waals surface area contributed by atoms with Crippen LogP contribution in [0.2, 0.25) is 0 Å². The first-order valence-electron chi connectivity index (χ1n) is 8.59. The van der Waals surface area contributed by atoms with Crippen molar-refractivity contribution >= 4 is 45.0 Å². The molecule has 2 heterocycles. The lowest BCUT2D eigenvalue weighted by molar-refractivity contribution is 0.0642. The molecule has 0 fully saturated rings. The van der Waals surface area contributed by atoms with Gasteiger partial charge in [0.25, 0.3) is 17.7 Å². The van der Waals surface area contributed by atoms with Gasteiger partial charge in [0.2, 0.25) is 0 Å². The number of imide groups is 1. The van der Waals surface area contributed by atoms with Crippen LogP contribution < -0.4 is 5.32 Å². The molecule has 7 heteroatoms. The largest absolute Gasteiger partial charge is 0.347 e. The Kier molecular flexibility index (Phi) is 5.11. The average molecular weight is 455 g/mol. The lowest BCUT2D eigenvalue weighted by Gasteiger charge is -2.14. The number of nitrogens with zero attached hydrogens (tertiary/aromatic N) is 1. The van der Waals surface area contributed by atoms with Crippen molar-refractivity contribution in [3.8, 4) is 0 Å². The molecule has 1 aliphatic heterocycles. The van der Waals surface area contributed by atoms with E-state index in [4.69, 9.17) is 0 Å². The minimum absolute atomic E-state index is 0.130. The fourth-order valence-corrected chi connectivity index (χ4v) is 4.52. The molecule has 0 spiro atoms. The fraction of sp³-hybridized carbons (Fsp3) is 0.0952. The molecule has 0 saturated carbocycles. The Bertz CT molecular complexity index is 1060. The lowest BCUT2D eigenvalue weighted by Crippen LogP contribution is -2.29. The first-order chi connectivity index (χ1) is 13.5. The van der Waals surface area contributed by atoms with E-state index in [1.807, 2.05) is 12.1 Å². The Labute approximate surface area is 174 Å². The molecular formula is C21H15BrN2O3S. The second kappa shape index (κ2) is 7.69. The fourth-order valence-electron chi connectivity index (χ4n) is 3.09. The highest BCUT2D eigenvalue weighted by atomic mass is 79.9. The number of hydrogen-bond acceptors (Lipinski definition) is 4. The van der Waals surface area contributed by atoms with Crippen LogP contribution in [0.5, 0.6) is 0 Å². The van der Waals surface area contributed by atoms with Crippen molar-refractivity contribution in [2.45, 2.75) is 13.1 Å². The molecule has 28 heavy (non-hydrogen) atoms. The van der Waals surface area contributed by atoms with Crippen LogP contribution in [0.25, 0.3) is 0 Å². The summed E-state index contributed by atoms with van der Waals surface area (Å²) in [7, 11) is 0. The van der Waals surface area contributed by atoms with Crippen molar-refractivity contribution in [2.75, 3.05) is 0 Å². The molecule has 0 atom stereocenters. The molecule has 0 bridgehead atoms. The van der Waals surface area contributed by atoms with Crippen molar-refractivity contribution in [1.29, 1.82) is 0 Å². The highest BCUT2D eigenvalue weighted by Gasteiger charge is 2.34. The van der Waals surface area contributed by atoms with E-state index in [2.05, 4.69) is 21.2 Å². The van der Waals surface area contributed by atoms with Gasteiger partial charge in [0.05, 0.1) is 28.0 Å². The Morgan fingerprint density at radius 2 is 1.68 bits per heavy atom. The van der Waals surface area contributed by atoms with Gasteiger partial charge in [-0.2, -0.15) is 0 Å². The second-order valence-corrected chi connectivity index (χ2v) is 8.88. The zero-order valence-corrected chi connectivity index (χ0v) is 17.0. The quantitative estimate of drug-likeness (QED) is 0.586. The molecular weight excluding hydrogens is 440 g/mol. The van der Waals surface area contributed by atoms with Gasteiger partial charge < -0.3 is 5.32 Å². The zero-order chi connectivity index (χ0) is 19.7. The SMILES string of the molecule is O=C(NCc1ccc(Br)s1)c1cccc(CN2C(=O)c3ccccc3C2=O)c1. The van der Waals surface area contributed by atoms with Gasteiger partial charge in [0.15, 0.2) is 0 Å². The third-order valence-corrected chi connectivity index (χ3v) is 6.08. The van der Waals surface area contributed by atoms with Gasteiger partial charge in [0, 0.05) is 10.4 Å². The van der Waals surface area contributed by atoms with Crippen molar-refractivity contribution < 1.29 is 14.4 Å². The van der Waals surface area contributed by atoms with Crippen LogP contribution >= 0.6 is 27.3 Å². The maximum Gasteiger partial charge on any atom is 0.261 e. The summed E-state index contributed by atoms with van der Waals surface area (Å²) in [5.41, 5.74) is 2.05. The van der Waals surface area contributed by atoms with E-state index in [9.17, 15) is 14.4 Å². The zero-order valence-electron chi connectivity index (χ0n) is 14.6. The molecule has 4 rings (SSSR count).